The van der Waals surface area contributed by atoms with Crippen molar-refractivity contribution in [3.8, 4) is 11.6 Å². The number of nitro benzene ring substituents is 1. The lowest BCUT2D eigenvalue weighted by Crippen LogP contribution is -2.11. The molecular weight excluding hydrogens is 270 g/mol. The molecule has 0 saturated heterocycles. The second kappa shape index (κ2) is 6.81. The maximum absolute atomic E-state index is 10.8. The molecule has 21 heavy (non-hydrogen) atoms. The third kappa shape index (κ3) is 4.00. The van der Waals surface area contributed by atoms with Crippen LogP contribution < -0.4 is 10.1 Å². The topological polar surface area (TPSA) is 77.3 Å². The van der Waals surface area contributed by atoms with E-state index in [1.54, 1.807) is 31.3 Å². The summed E-state index contributed by atoms with van der Waals surface area (Å²) in [6, 6.07) is 8.35. The van der Waals surface area contributed by atoms with E-state index >= 15 is 0 Å². The second-order valence-electron chi connectivity index (χ2n) is 4.59. The number of aromatic nitrogens is 1. The van der Waals surface area contributed by atoms with Crippen molar-refractivity contribution in [3.05, 3.63) is 57.8 Å². The molecule has 1 N–H and O–H groups in total. The highest BCUT2D eigenvalue weighted by atomic mass is 16.6. The van der Waals surface area contributed by atoms with Crippen molar-refractivity contribution in [2.75, 3.05) is 6.54 Å². The third-order valence-electron chi connectivity index (χ3n) is 2.96. The predicted molar refractivity (Wildman–Crippen MR) is 79.5 cm³/mol. The molecule has 0 spiro atoms. The largest absolute Gasteiger partial charge is 0.439 e. The summed E-state index contributed by atoms with van der Waals surface area (Å²) in [6.07, 6.45) is 1.75. The van der Waals surface area contributed by atoms with Crippen LogP contribution in [0.2, 0.25) is 0 Å². The van der Waals surface area contributed by atoms with Gasteiger partial charge < -0.3 is 10.1 Å². The molecule has 0 aliphatic rings. The van der Waals surface area contributed by atoms with Crippen LogP contribution >= 0.6 is 0 Å². The summed E-state index contributed by atoms with van der Waals surface area (Å²) in [6.45, 7) is 5.39. The number of benzene rings is 1. The van der Waals surface area contributed by atoms with Gasteiger partial charge in [0.15, 0.2) is 0 Å². The number of hydrogen-bond donors (Lipinski definition) is 1. The average Bonchev–Trinajstić information content (AvgIpc) is 2.46. The zero-order valence-electron chi connectivity index (χ0n) is 12.0. The number of nitro groups is 1. The number of hydrogen-bond acceptors (Lipinski definition) is 5. The van der Waals surface area contributed by atoms with Crippen LogP contribution in [0.4, 0.5) is 5.69 Å². The predicted octanol–water partition coefficient (Wildman–Crippen LogP) is 3.20. The quantitative estimate of drug-likeness (QED) is 0.652. The molecule has 0 unspecified atom stereocenters. The fraction of sp³-hybridized carbons (Fsp3) is 0.267. The van der Waals surface area contributed by atoms with Gasteiger partial charge in [0.2, 0.25) is 5.88 Å². The molecule has 0 aliphatic heterocycles. The molecule has 0 saturated carbocycles. The van der Waals surface area contributed by atoms with E-state index in [4.69, 9.17) is 4.74 Å². The van der Waals surface area contributed by atoms with Gasteiger partial charge in [-0.15, -0.1) is 0 Å². The Labute approximate surface area is 122 Å². The summed E-state index contributed by atoms with van der Waals surface area (Å²) >= 11 is 0. The van der Waals surface area contributed by atoms with E-state index in [1.807, 2.05) is 13.0 Å². The van der Waals surface area contributed by atoms with Crippen LogP contribution in [0.15, 0.2) is 36.5 Å². The molecule has 0 bridgehead atoms. The highest BCUT2D eigenvalue weighted by molar-refractivity contribution is 5.45. The van der Waals surface area contributed by atoms with Crippen molar-refractivity contribution < 1.29 is 9.66 Å². The summed E-state index contributed by atoms with van der Waals surface area (Å²) in [7, 11) is 0. The fourth-order valence-corrected chi connectivity index (χ4v) is 1.86. The maximum Gasteiger partial charge on any atom is 0.272 e. The second-order valence-corrected chi connectivity index (χ2v) is 4.59. The molecule has 1 heterocycles. The molecule has 2 aromatic rings. The number of aryl methyl sites for hydroxylation is 1. The fourth-order valence-electron chi connectivity index (χ4n) is 1.86. The Morgan fingerprint density at radius 3 is 2.71 bits per heavy atom. The minimum Gasteiger partial charge on any atom is -0.439 e. The van der Waals surface area contributed by atoms with Crippen LogP contribution in [0.5, 0.6) is 11.6 Å². The summed E-state index contributed by atoms with van der Waals surface area (Å²) < 4.78 is 5.60. The van der Waals surface area contributed by atoms with Crippen LogP contribution in [-0.4, -0.2) is 16.5 Å². The first-order valence-corrected chi connectivity index (χ1v) is 6.68. The smallest absolute Gasteiger partial charge is 0.272 e. The van der Waals surface area contributed by atoms with Gasteiger partial charge in [-0.1, -0.05) is 13.0 Å². The summed E-state index contributed by atoms with van der Waals surface area (Å²) in [4.78, 5) is 14.6. The molecule has 0 aliphatic carbocycles. The Bertz CT molecular complexity index is 627. The molecule has 6 nitrogen and oxygen atoms in total. The molecule has 6 heteroatoms. The first kappa shape index (κ1) is 14.9. The first-order chi connectivity index (χ1) is 10.1. The average molecular weight is 287 g/mol. The Kier molecular flexibility index (Phi) is 4.84. The van der Waals surface area contributed by atoms with Gasteiger partial charge in [-0.3, -0.25) is 10.1 Å². The number of ether oxygens (including phenoxy) is 1. The summed E-state index contributed by atoms with van der Waals surface area (Å²) in [5, 5.41) is 14.0. The van der Waals surface area contributed by atoms with E-state index in [-0.39, 0.29) is 5.69 Å². The van der Waals surface area contributed by atoms with Crippen LogP contribution in [0.1, 0.15) is 18.1 Å². The van der Waals surface area contributed by atoms with E-state index in [0.29, 0.717) is 17.2 Å². The Morgan fingerprint density at radius 2 is 2.14 bits per heavy atom. The van der Waals surface area contributed by atoms with Gasteiger partial charge >= 0.3 is 0 Å². The van der Waals surface area contributed by atoms with Gasteiger partial charge in [0.1, 0.15) is 5.75 Å². The van der Waals surface area contributed by atoms with Gasteiger partial charge in [0.25, 0.3) is 5.69 Å². The normalized spacial score (nSPS) is 10.4. The molecule has 110 valence electrons. The molecule has 0 atom stereocenters. The molecule has 0 fully saturated rings. The third-order valence-corrected chi connectivity index (χ3v) is 2.96. The zero-order valence-corrected chi connectivity index (χ0v) is 12.0. The lowest BCUT2D eigenvalue weighted by molar-refractivity contribution is -0.385. The minimum atomic E-state index is -0.410. The molecular formula is C15H17N3O3. The van der Waals surface area contributed by atoms with E-state index in [2.05, 4.69) is 10.3 Å². The van der Waals surface area contributed by atoms with Crippen LogP contribution in [-0.2, 0) is 6.54 Å². The number of rotatable bonds is 6. The monoisotopic (exact) mass is 287 g/mol. The Hall–Kier alpha value is -2.47. The first-order valence-electron chi connectivity index (χ1n) is 6.68. The van der Waals surface area contributed by atoms with Gasteiger partial charge in [-0.2, -0.15) is 0 Å². The van der Waals surface area contributed by atoms with E-state index < -0.39 is 4.92 Å². The number of nitrogens with one attached hydrogen (secondary N) is 1. The Balaban J connectivity index is 2.07. The standard InChI is InChI=1S/C15H17N3O3/c1-3-16-9-12-4-7-15(17-10-12)21-13-5-6-14(18(19)20)11(2)8-13/h4-8,10,16H,3,9H2,1-2H3. The van der Waals surface area contributed by atoms with Gasteiger partial charge in [0.05, 0.1) is 4.92 Å². The van der Waals surface area contributed by atoms with Crippen molar-refractivity contribution in [3.63, 3.8) is 0 Å². The Morgan fingerprint density at radius 1 is 1.33 bits per heavy atom. The maximum atomic E-state index is 10.8. The number of pyridine rings is 1. The number of nitrogens with zero attached hydrogens (tertiary/aromatic N) is 2. The van der Waals surface area contributed by atoms with Crippen LogP contribution in [0, 0.1) is 17.0 Å². The van der Waals surface area contributed by atoms with E-state index in [9.17, 15) is 10.1 Å². The van der Waals surface area contributed by atoms with E-state index in [1.165, 1.54) is 6.07 Å². The van der Waals surface area contributed by atoms with Crippen molar-refractivity contribution in [1.82, 2.24) is 10.3 Å². The van der Waals surface area contributed by atoms with Gasteiger partial charge in [0, 0.05) is 30.4 Å². The SMILES string of the molecule is CCNCc1ccc(Oc2ccc([N+](=O)[O-])c(C)c2)nc1. The van der Waals surface area contributed by atoms with Crippen molar-refractivity contribution in [1.29, 1.82) is 0 Å². The zero-order chi connectivity index (χ0) is 15.2. The van der Waals surface area contributed by atoms with E-state index in [0.717, 1.165) is 18.7 Å². The molecule has 1 aromatic heterocycles. The molecule has 2 rings (SSSR count). The van der Waals surface area contributed by atoms with Crippen molar-refractivity contribution in [2.45, 2.75) is 20.4 Å². The molecule has 1 aromatic carbocycles. The minimum absolute atomic E-state index is 0.0799. The lowest BCUT2D eigenvalue weighted by Gasteiger charge is -2.07. The molecule has 0 radical (unpaired) electrons. The van der Waals surface area contributed by atoms with Crippen molar-refractivity contribution in [2.24, 2.45) is 0 Å². The summed E-state index contributed by atoms with van der Waals surface area (Å²) in [5.41, 5.74) is 1.71. The highest BCUT2D eigenvalue weighted by Gasteiger charge is 2.11. The van der Waals surface area contributed by atoms with Crippen molar-refractivity contribution >= 4 is 5.69 Å². The van der Waals surface area contributed by atoms with Gasteiger partial charge in [-0.05, 0) is 31.2 Å². The molecule has 0 amide bonds. The highest BCUT2D eigenvalue weighted by Crippen LogP contribution is 2.26. The van der Waals surface area contributed by atoms with Crippen LogP contribution in [0.25, 0.3) is 0 Å². The summed E-state index contributed by atoms with van der Waals surface area (Å²) in [5.74, 6) is 0.994. The van der Waals surface area contributed by atoms with Gasteiger partial charge in [-0.25, -0.2) is 4.98 Å². The van der Waals surface area contributed by atoms with Crippen LogP contribution in [0.3, 0.4) is 0 Å². The lowest BCUT2D eigenvalue weighted by atomic mass is 10.2.